The van der Waals surface area contributed by atoms with Crippen LogP contribution in [0.4, 0.5) is 0 Å². The van der Waals surface area contributed by atoms with Gasteiger partial charge in [-0.25, -0.2) is 4.79 Å². The number of aliphatic carboxylic acids is 1. The minimum Gasteiger partial charge on any atom is -0.478 e. The second-order valence-corrected chi connectivity index (χ2v) is 32.4. The summed E-state index contributed by atoms with van der Waals surface area (Å²) in [6, 6.07) is 0. The highest BCUT2D eigenvalue weighted by molar-refractivity contribution is 6.80. The van der Waals surface area contributed by atoms with Crippen LogP contribution in [0.15, 0.2) is 11.6 Å². The molecule has 0 rings (SSSR count). The van der Waals surface area contributed by atoms with E-state index >= 15 is 0 Å². The van der Waals surface area contributed by atoms with Gasteiger partial charge in [0, 0.05) is 10.2 Å². The molecule has 0 aromatic rings. The molecule has 5 nitrogen and oxygen atoms in total. The number of carbonyl (C=O) groups is 1. The zero-order valence-electron chi connectivity index (χ0n) is 19.4. The van der Waals surface area contributed by atoms with E-state index in [0.717, 1.165) is 0 Å². The molecule has 0 aromatic carbocycles. The Hall–Kier alpha value is 0.391. The fourth-order valence-electron chi connectivity index (χ4n) is 2.29. The highest BCUT2D eigenvalue weighted by Gasteiger charge is 2.40. The summed E-state index contributed by atoms with van der Waals surface area (Å²) < 4.78 is 19.1. The van der Waals surface area contributed by atoms with E-state index in [4.69, 9.17) is 12.3 Å². The number of carboxylic acids is 1. The minimum absolute atomic E-state index is 0.186. The van der Waals surface area contributed by atoms with E-state index in [1.807, 2.05) is 6.08 Å². The molecule has 0 saturated heterocycles. The number of carboxylic acid groups (broad SMARTS) is 1. The molecule has 0 aliphatic rings. The Morgan fingerprint density at radius 3 is 1.56 bits per heavy atom. The largest absolute Gasteiger partial charge is 0.478 e. The first-order valence-electron chi connectivity index (χ1n) is 9.71. The number of rotatable bonds is 12. The van der Waals surface area contributed by atoms with Crippen molar-refractivity contribution in [2.75, 3.05) is 0 Å². The molecule has 1 N–H and O–H groups in total. The maximum Gasteiger partial charge on any atom is 0.330 e. The third-order valence-corrected chi connectivity index (χ3v) is 22.9. The summed E-state index contributed by atoms with van der Waals surface area (Å²) in [6.07, 6.45) is 2.01. The fraction of sp³-hybridized carbons (Fsp3) is 0.812. The summed E-state index contributed by atoms with van der Waals surface area (Å²) in [6.45, 7) is 23.9. The van der Waals surface area contributed by atoms with Gasteiger partial charge >= 0.3 is 5.97 Å². The van der Waals surface area contributed by atoms with Crippen molar-refractivity contribution in [1.82, 2.24) is 0 Å². The molecule has 1 atom stereocenters. The van der Waals surface area contributed by atoms with Crippen LogP contribution >= 0.6 is 0 Å². The van der Waals surface area contributed by atoms with Crippen LogP contribution < -0.4 is 0 Å². The molecule has 0 aliphatic heterocycles. The first-order valence-corrected chi connectivity index (χ1v) is 23.9. The van der Waals surface area contributed by atoms with Crippen molar-refractivity contribution >= 4 is 60.2 Å². The normalized spacial score (nSPS) is 18.9. The lowest BCUT2D eigenvalue weighted by atomic mass is 10.2. The van der Waals surface area contributed by atoms with Crippen LogP contribution in [0, 0.1) is 0 Å². The average Bonchev–Trinajstić information content (AvgIpc) is 2.45. The van der Waals surface area contributed by atoms with Crippen molar-refractivity contribution in [3.63, 3.8) is 0 Å². The van der Waals surface area contributed by atoms with Gasteiger partial charge in [0.25, 0.3) is 0 Å². The lowest BCUT2D eigenvalue weighted by molar-refractivity contribution is -0.132. The van der Waals surface area contributed by atoms with Crippen LogP contribution in [0.25, 0.3) is 0 Å². The zero-order valence-corrected chi connectivity index (χ0v) is 26.6. The summed E-state index contributed by atoms with van der Waals surface area (Å²) >= 11 is 0. The number of hydrogen-bond acceptors (Lipinski definition) is 4. The standard InChI is InChI=1S/C16H42O5Si6/c1-13(15(17)18)12-16(23-20-26(6,7)8,24-21-27(9,10)11)14(2)22-19-25(3,4)5/h12,14H,22-24H2,1-11H3,(H,17,18)/b13-12+. The van der Waals surface area contributed by atoms with E-state index in [-0.39, 0.29) is 4.66 Å². The second-order valence-electron chi connectivity index (χ2n) is 10.5. The minimum atomic E-state index is -1.68. The van der Waals surface area contributed by atoms with Crippen LogP contribution in [-0.4, -0.2) is 65.3 Å². The predicted molar refractivity (Wildman–Crippen MR) is 132 cm³/mol. The molecule has 27 heavy (non-hydrogen) atoms. The van der Waals surface area contributed by atoms with Crippen molar-refractivity contribution in [2.24, 2.45) is 0 Å². The number of hydrogen-bond donors (Lipinski definition) is 1. The predicted octanol–water partition coefficient (Wildman–Crippen LogP) is 2.75. The summed E-state index contributed by atoms with van der Waals surface area (Å²) in [5.41, 5.74) is 0.756. The maximum absolute atomic E-state index is 11.6. The van der Waals surface area contributed by atoms with Gasteiger partial charge in [0.2, 0.25) is 0 Å². The lowest BCUT2D eigenvalue weighted by Crippen LogP contribution is -2.44. The zero-order chi connectivity index (χ0) is 21.7. The molecule has 0 aliphatic carbocycles. The van der Waals surface area contributed by atoms with E-state index < -0.39 is 60.2 Å². The molecule has 0 saturated carbocycles. The van der Waals surface area contributed by atoms with E-state index in [0.29, 0.717) is 11.1 Å². The average molecular weight is 483 g/mol. The van der Waals surface area contributed by atoms with Gasteiger partial charge in [-0.1, -0.05) is 13.0 Å². The molecule has 0 radical (unpaired) electrons. The third-order valence-electron chi connectivity index (χ3n) is 4.14. The van der Waals surface area contributed by atoms with E-state index in [1.54, 1.807) is 6.92 Å². The van der Waals surface area contributed by atoms with E-state index in [1.165, 1.54) is 0 Å². The van der Waals surface area contributed by atoms with Crippen molar-refractivity contribution in [3.05, 3.63) is 11.6 Å². The first-order chi connectivity index (χ1) is 11.9. The van der Waals surface area contributed by atoms with Crippen LogP contribution in [0.1, 0.15) is 13.8 Å². The van der Waals surface area contributed by atoms with Gasteiger partial charge < -0.3 is 17.5 Å². The molecule has 0 fully saturated rings. The Balaban J connectivity index is 5.94. The molecule has 0 amide bonds. The Morgan fingerprint density at radius 1 is 0.889 bits per heavy atom. The first kappa shape index (κ1) is 27.4. The Labute approximate surface area is 176 Å². The molecule has 160 valence electrons. The highest BCUT2D eigenvalue weighted by Crippen LogP contribution is 2.42. The molecular formula is C16H42O5Si6. The number of allylic oxidation sites excluding steroid dienone is 1. The smallest absolute Gasteiger partial charge is 0.330 e. The lowest BCUT2D eigenvalue weighted by Gasteiger charge is -2.40. The van der Waals surface area contributed by atoms with Crippen molar-refractivity contribution < 1.29 is 22.2 Å². The van der Waals surface area contributed by atoms with Crippen LogP contribution in [-0.2, 0) is 17.1 Å². The highest BCUT2D eigenvalue weighted by atomic mass is 28.4. The summed E-state index contributed by atoms with van der Waals surface area (Å²) in [7, 11) is -7.73. The molecule has 1 unspecified atom stereocenters. The van der Waals surface area contributed by atoms with E-state index in [9.17, 15) is 9.90 Å². The molecule has 0 heterocycles. The van der Waals surface area contributed by atoms with Gasteiger partial charge in [0.1, 0.15) is 9.76 Å². The quantitative estimate of drug-likeness (QED) is 0.342. The Kier molecular flexibility index (Phi) is 10.6. The van der Waals surface area contributed by atoms with Gasteiger partial charge in [-0.05, 0) is 71.4 Å². The van der Waals surface area contributed by atoms with Gasteiger partial charge in [0.15, 0.2) is 44.5 Å². The van der Waals surface area contributed by atoms with Gasteiger partial charge in [-0.15, -0.1) is 0 Å². The van der Waals surface area contributed by atoms with E-state index in [2.05, 4.69) is 65.8 Å². The second kappa shape index (κ2) is 10.4. The van der Waals surface area contributed by atoms with Crippen LogP contribution in [0.5, 0.6) is 0 Å². The summed E-state index contributed by atoms with van der Waals surface area (Å²) in [5, 5.41) is 9.53. The summed E-state index contributed by atoms with van der Waals surface area (Å²) in [4.78, 5) is 11.6. The van der Waals surface area contributed by atoms with Gasteiger partial charge in [-0.2, -0.15) is 0 Å². The Morgan fingerprint density at radius 2 is 1.26 bits per heavy atom. The topological polar surface area (TPSA) is 65.0 Å². The van der Waals surface area contributed by atoms with Gasteiger partial charge in [-0.3, -0.25) is 0 Å². The molecular weight excluding hydrogens is 441 g/mol. The maximum atomic E-state index is 11.6. The molecule has 11 heteroatoms. The Bertz CT molecular complexity index is 501. The van der Waals surface area contributed by atoms with Crippen LogP contribution in [0.3, 0.4) is 0 Å². The SMILES string of the molecule is C/C(=C\C([SiH2]O[Si](C)(C)C)([SiH2]O[Si](C)(C)C)C(C)[SiH2]O[Si](C)(C)C)C(=O)O. The monoisotopic (exact) mass is 482 g/mol. The molecule has 0 spiro atoms. The molecule has 0 aromatic heterocycles. The summed E-state index contributed by atoms with van der Waals surface area (Å²) in [5.74, 6) is -0.844. The van der Waals surface area contributed by atoms with Crippen molar-refractivity contribution in [2.45, 2.75) is 83.0 Å². The third kappa shape index (κ3) is 12.5. The van der Waals surface area contributed by atoms with Crippen molar-refractivity contribution in [3.8, 4) is 0 Å². The van der Waals surface area contributed by atoms with Crippen molar-refractivity contribution in [1.29, 1.82) is 0 Å². The van der Waals surface area contributed by atoms with Crippen LogP contribution in [0.2, 0.25) is 69.1 Å². The molecule has 0 bridgehead atoms. The van der Waals surface area contributed by atoms with Gasteiger partial charge in [0.05, 0.1) is 0 Å². The fourth-order valence-corrected chi connectivity index (χ4v) is 16.3.